The molecule has 2 fully saturated rings. The molecule has 2 aliphatic heterocycles. The Labute approximate surface area is 160 Å². The van der Waals surface area contributed by atoms with E-state index in [1.807, 2.05) is 41.8 Å². The summed E-state index contributed by atoms with van der Waals surface area (Å²) >= 11 is 0. The van der Waals surface area contributed by atoms with E-state index in [1.165, 1.54) is 0 Å². The Balaban J connectivity index is 1.37. The molecule has 2 aliphatic rings. The van der Waals surface area contributed by atoms with Crippen molar-refractivity contribution < 1.29 is 4.79 Å². The Hall–Kier alpha value is -2.28. The smallest absolute Gasteiger partial charge is 0.222 e. The monoisotopic (exact) mass is 368 g/mol. The molecular formula is C20H28N6O. The van der Waals surface area contributed by atoms with Crippen LogP contribution in [0.3, 0.4) is 0 Å². The third-order valence-electron chi connectivity index (χ3n) is 6.07. The molecule has 1 amide bonds. The van der Waals surface area contributed by atoms with Crippen LogP contribution >= 0.6 is 0 Å². The van der Waals surface area contributed by atoms with Crippen molar-refractivity contribution in [1.29, 1.82) is 0 Å². The molecule has 7 heteroatoms. The van der Waals surface area contributed by atoms with Gasteiger partial charge in [0.25, 0.3) is 0 Å². The molecule has 144 valence electrons. The van der Waals surface area contributed by atoms with Crippen molar-refractivity contribution in [3.63, 3.8) is 0 Å². The molecule has 2 aromatic heterocycles. The zero-order valence-electron chi connectivity index (χ0n) is 16.3. The normalized spacial score (nSPS) is 20.4. The maximum absolute atomic E-state index is 12.4. The summed E-state index contributed by atoms with van der Waals surface area (Å²) < 4.78 is 1.88. The quantitative estimate of drug-likeness (QED) is 0.825. The van der Waals surface area contributed by atoms with Gasteiger partial charge in [-0.15, -0.1) is 0 Å². The number of piperidine rings is 2. The molecule has 1 spiro atoms. The second kappa shape index (κ2) is 7.38. The number of nitrogens with zero attached hydrogens (tertiary/aromatic N) is 6. The second-order valence-electron chi connectivity index (χ2n) is 8.05. The van der Waals surface area contributed by atoms with E-state index in [4.69, 9.17) is 0 Å². The topological polar surface area (TPSA) is 67.2 Å². The molecule has 0 aromatic carbocycles. The van der Waals surface area contributed by atoms with Crippen LogP contribution in [0.4, 0.5) is 0 Å². The number of hydrogen-bond acceptors (Lipinski definition) is 5. The van der Waals surface area contributed by atoms with E-state index in [1.54, 1.807) is 6.20 Å². The molecule has 2 aromatic rings. The van der Waals surface area contributed by atoms with E-state index in [9.17, 15) is 4.79 Å². The lowest BCUT2D eigenvalue weighted by Gasteiger charge is -2.47. The van der Waals surface area contributed by atoms with Crippen LogP contribution < -0.4 is 0 Å². The van der Waals surface area contributed by atoms with Crippen molar-refractivity contribution in [1.82, 2.24) is 29.5 Å². The average molecular weight is 368 g/mol. The van der Waals surface area contributed by atoms with E-state index in [0.29, 0.717) is 13.0 Å². The van der Waals surface area contributed by atoms with Gasteiger partial charge in [0.1, 0.15) is 11.6 Å². The minimum atomic E-state index is 0.259. The highest BCUT2D eigenvalue weighted by molar-refractivity contribution is 5.77. The molecule has 0 unspecified atom stereocenters. The van der Waals surface area contributed by atoms with Crippen molar-refractivity contribution >= 4 is 5.91 Å². The first kappa shape index (κ1) is 18.1. The number of aryl methyl sites for hydroxylation is 2. The van der Waals surface area contributed by atoms with Crippen LogP contribution in [0.1, 0.15) is 43.0 Å². The first-order valence-corrected chi connectivity index (χ1v) is 9.80. The maximum atomic E-state index is 12.4. The Morgan fingerprint density at radius 1 is 1.15 bits per heavy atom. The van der Waals surface area contributed by atoms with Gasteiger partial charge in [-0.3, -0.25) is 19.4 Å². The number of carbonyl (C=O) groups excluding carboxylic acids is 1. The van der Waals surface area contributed by atoms with Crippen LogP contribution in [0.2, 0.25) is 0 Å². The molecular weight excluding hydrogens is 340 g/mol. The maximum Gasteiger partial charge on any atom is 0.222 e. The molecule has 0 aliphatic carbocycles. The van der Waals surface area contributed by atoms with Crippen molar-refractivity contribution in [2.75, 3.05) is 19.6 Å². The van der Waals surface area contributed by atoms with Gasteiger partial charge in [-0.1, -0.05) is 6.07 Å². The Kier molecular flexibility index (Phi) is 4.95. The number of rotatable bonds is 4. The molecule has 0 N–H and O–H groups in total. The van der Waals surface area contributed by atoms with E-state index >= 15 is 0 Å². The predicted octanol–water partition coefficient (Wildman–Crippen LogP) is 1.92. The van der Waals surface area contributed by atoms with Crippen LogP contribution in [-0.2, 0) is 24.9 Å². The summed E-state index contributed by atoms with van der Waals surface area (Å²) in [5.74, 6) is 2.12. The van der Waals surface area contributed by atoms with Gasteiger partial charge in [-0.05, 0) is 56.8 Å². The molecule has 27 heavy (non-hydrogen) atoms. The standard InChI is InChI=1S/C20H28N6O/c1-16-22-18(24(2)23-16)14-25-11-8-20(9-12-25)7-6-19(27)26(15-20)13-17-5-3-4-10-21-17/h3-5,10H,6-9,11-15H2,1-2H3. The lowest BCUT2D eigenvalue weighted by Crippen LogP contribution is -2.51. The largest absolute Gasteiger partial charge is 0.336 e. The minimum absolute atomic E-state index is 0.259. The predicted molar refractivity (Wildman–Crippen MR) is 102 cm³/mol. The molecule has 0 atom stereocenters. The Bertz CT molecular complexity index is 794. The van der Waals surface area contributed by atoms with Crippen LogP contribution in [-0.4, -0.2) is 55.1 Å². The number of hydrogen-bond donors (Lipinski definition) is 0. The fraction of sp³-hybridized carbons (Fsp3) is 0.600. The Morgan fingerprint density at radius 3 is 2.63 bits per heavy atom. The van der Waals surface area contributed by atoms with Crippen LogP contribution in [0.5, 0.6) is 0 Å². The first-order valence-electron chi connectivity index (χ1n) is 9.80. The molecule has 4 rings (SSSR count). The van der Waals surface area contributed by atoms with Crippen molar-refractivity contribution in [2.24, 2.45) is 12.5 Å². The summed E-state index contributed by atoms with van der Waals surface area (Å²) in [4.78, 5) is 25.8. The van der Waals surface area contributed by atoms with E-state index in [-0.39, 0.29) is 11.3 Å². The lowest BCUT2D eigenvalue weighted by molar-refractivity contribution is -0.140. The Morgan fingerprint density at radius 2 is 1.96 bits per heavy atom. The van der Waals surface area contributed by atoms with Gasteiger partial charge in [-0.25, -0.2) is 4.98 Å². The summed E-state index contributed by atoms with van der Waals surface area (Å²) in [6, 6.07) is 5.90. The number of likely N-dealkylation sites (tertiary alicyclic amines) is 2. The molecule has 7 nitrogen and oxygen atoms in total. The zero-order valence-corrected chi connectivity index (χ0v) is 16.3. The van der Waals surface area contributed by atoms with E-state index in [2.05, 4.69) is 20.0 Å². The highest BCUT2D eigenvalue weighted by Gasteiger charge is 2.41. The zero-order chi connectivity index (χ0) is 18.9. The van der Waals surface area contributed by atoms with Gasteiger partial charge in [0.2, 0.25) is 5.91 Å². The van der Waals surface area contributed by atoms with Gasteiger partial charge in [0, 0.05) is 26.2 Å². The average Bonchev–Trinajstić information content (AvgIpc) is 2.98. The first-order chi connectivity index (χ1) is 13.0. The number of carbonyl (C=O) groups is 1. The highest BCUT2D eigenvalue weighted by atomic mass is 16.2. The lowest BCUT2D eigenvalue weighted by atomic mass is 9.72. The van der Waals surface area contributed by atoms with Crippen LogP contribution in [0.25, 0.3) is 0 Å². The number of aromatic nitrogens is 4. The third kappa shape index (κ3) is 4.03. The molecule has 0 radical (unpaired) electrons. The van der Waals surface area contributed by atoms with Gasteiger partial charge in [-0.2, -0.15) is 5.10 Å². The number of amides is 1. The molecule has 0 saturated carbocycles. The fourth-order valence-electron chi connectivity index (χ4n) is 4.42. The van der Waals surface area contributed by atoms with Gasteiger partial charge in [0.05, 0.1) is 18.8 Å². The summed E-state index contributed by atoms with van der Waals surface area (Å²) in [7, 11) is 1.96. The van der Waals surface area contributed by atoms with E-state index < -0.39 is 0 Å². The number of pyridine rings is 1. The second-order valence-corrected chi connectivity index (χ2v) is 8.05. The van der Waals surface area contributed by atoms with E-state index in [0.717, 1.165) is 62.8 Å². The van der Waals surface area contributed by atoms with Gasteiger partial charge in [0.15, 0.2) is 0 Å². The SMILES string of the molecule is Cc1nc(CN2CCC3(CCC(=O)N(Cc4ccccn4)C3)CC2)n(C)n1. The van der Waals surface area contributed by atoms with Crippen molar-refractivity contribution in [3.05, 3.63) is 41.7 Å². The van der Waals surface area contributed by atoms with Crippen molar-refractivity contribution in [3.8, 4) is 0 Å². The summed E-state index contributed by atoms with van der Waals surface area (Å²) in [5.41, 5.74) is 1.23. The highest BCUT2D eigenvalue weighted by Crippen LogP contribution is 2.40. The summed E-state index contributed by atoms with van der Waals surface area (Å²) in [6.07, 6.45) is 5.74. The molecule has 0 bridgehead atoms. The summed E-state index contributed by atoms with van der Waals surface area (Å²) in [5, 5.41) is 4.35. The molecule has 2 saturated heterocycles. The fourth-order valence-corrected chi connectivity index (χ4v) is 4.42. The van der Waals surface area contributed by atoms with Crippen LogP contribution in [0, 0.1) is 12.3 Å². The third-order valence-corrected chi connectivity index (χ3v) is 6.07. The van der Waals surface area contributed by atoms with Gasteiger partial charge < -0.3 is 4.90 Å². The van der Waals surface area contributed by atoms with Gasteiger partial charge >= 0.3 is 0 Å². The van der Waals surface area contributed by atoms with Crippen molar-refractivity contribution in [2.45, 2.75) is 45.7 Å². The minimum Gasteiger partial charge on any atom is -0.336 e. The summed E-state index contributed by atoms with van der Waals surface area (Å²) in [6.45, 7) is 6.38. The van der Waals surface area contributed by atoms with Crippen LogP contribution in [0.15, 0.2) is 24.4 Å². The molecule has 4 heterocycles.